The summed E-state index contributed by atoms with van der Waals surface area (Å²) in [4.78, 5) is 12.0. The second kappa shape index (κ2) is 7.59. The third-order valence-electron chi connectivity index (χ3n) is 3.88. The number of nitrogens with zero attached hydrogens (tertiary/aromatic N) is 2. The fourth-order valence-electron chi connectivity index (χ4n) is 2.65. The molecule has 1 amide bonds. The Morgan fingerprint density at radius 2 is 1.78 bits per heavy atom. The number of amides is 1. The molecular formula is C20H14FN3O2S. The van der Waals surface area contributed by atoms with Gasteiger partial charge in [-0.1, -0.05) is 48.2 Å². The van der Waals surface area contributed by atoms with E-state index in [1.54, 1.807) is 0 Å². The molecule has 7 heteroatoms. The largest absolute Gasteiger partial charge is 0.411 e. The van der Waals surface area contributed by atoms with Gasteiger partial charge in [0.2, 0.25) is 11.8 Å². The fourth-order valence-corrected chi connectivity index (χ4v) is 3.21. The number of hydrogen-bond acceptors (Lipinski definition) is 5. The number of thioether (sulfide) groups is 1. The van der Waals surface area contributed by atoms with Gasteiger partial charge < -0.3 is 9.73 Å². The van der Waals surface area contributed by atoms with E-state index < -0.39 is 0 Å². The maximum atomic E-state index is 12.9. The van der Waals surface area contributed by atoms with Crippen molar-refractivity contribution in [3.05, 3.63) is 72.5 Å². The maximum absolute atomic E-state index is 12.9. The van der Waals surface area contributed by atoms with E-state index >= 15 is 0 Å². The predicted molar refractivity (Wildman–Crippen MR) is 103 cm³/mol. The second-order valence-corrected chi connectivity index (χ2v) is 6.67. The number of fused-ring (bicyclic) bond motifs is 1. The van der Waals surface area contributed by atoms with Crippen molar-refractivity contribution in [2.75, 3.05) is 11.1 Å². The van der Waals surface area contributed by atoms with Crippen LogP contribution in [0.2, 0.25) is 0 Å². The van der Waals surface area contributed by atoms with Crippen LogP contribution in [-0.2, 0) is 4.79 Å². The predicted octanol–water partition coefficient (Wildman–Crippen LogP) is 4.76. The van der Waals surface area contributed by atoms with Gasteiger partial charge in [-0.3, -0.25) is 4.79 Å². The van der Waals surface area contributed by atoms with E-state index in [1.165, 1.54) is 24.3 Å². The van der Waals surface area contributed by atoms with E-state index in [9.17, 15) is 9.18 Å². The standard InChI is InChI=1S/C20H14FN3O2S/c21-14-8-10-15(11-9-14)22-18(25)12-27-20-24-23-19(26-20)17-7-3-5-13-4-1-2-6-16(13)17/h1-11H,12H2,(H,22,25). The van der Waals surface area contributed by atoms with Gasteiger partial charge in [0, 0.05) is 11.3 Å². The second-order valence-electron chi connectivity index (χ2n) is 5.74. The van der Waals surface area contributed by atoms with E-state index in [0.29, 0.717) is 16.8 Å². The first-order chi connectivity index (χ1) is 13.2. The van der Waals surface area contributed by atoms with Crippen molar-refractivity contribution in [1.29, 1.82) is 0 Å². The quantitative estimate of drug-likeness (QED) is 0.506. The van der Waals surface area contributed by atoms with Gasteiger partial charge in [0.05, 0.1) is 5.75 Å². The molecule has 0 fully saturated rings. The van der Waals surface area contributed by atoms with Gasteiger partial charge in [0.25, 0.3) is 5.22 Å². The van der Waals surface area contributed by atoms with E-state index in [1.807, 2.05) is 42.5 Å². The summed E-state index contributed by atoms with van der Waals surface area (Å²) in [6, 6.07) is 19.4. The van der Waals surface area contributed by atoms with E-state index in [2.05, 4.69) is 15.5 Å². The Kier molecular flexibility index (Phi) is 4.84. The molecule has 0 saturated heterocycles. The molecule has 4 aromatic rings. The van der Waals surface area contributed by atoms with Crippen LogP contribution in [0.15, 0.2) is 76.4 Å². The number of carbonyl (C=O) groups is 1. The molecule has 5 nitrogen and oxygen atoms in total. The highest BCUT2D eigenvalue weighted by atomic mass is 32.2. The summed E-state index contributed by atoms with van der Waals surface area (Å²) in [7, 11) is 0. The van der Waals surface area contributed by atoms with Gasteiger partial charge in [-0.2, -0.15) is 0 Å². The first-order valence-electron chi connectivity index (χ1n) is 8.19. The number of rotatable bonds is 5. The van der Waals surface area contributed by atoms with Gasteiger partial charge in [0.15, 0.2) is 0 Å². The van der Waals surface area contributed by atoms with Crippen molar-refractivity contribution in [2.24, 2.45) is 0 Å². The van der Waals surface area contributed by atoms with Crippen LogP contribution in [0.4, 0.5) is 10.1 Å². The zero-order valence-electron chi connectivity index (χ0n) is 14.1. The van der Waals surface area contributed by atoms with Crippen LogP contribution in [-0.4, -0.2) is 21.9 Å². The number of benzene rings is 3. The van der Waals surface area contributed by atoms with Gasteiger partial charge >= 0.3 is 0 Å². The van der Waals surface area contributed by atoms with Crippen molar-refractivity contribution >= 4 is 34.1 Å². The van der Waals surface area contributed by atoms with E-state index in [-0.39, 0.29) is 17.5 Å². The molecule has 0 saturated carbocycles. The molecule has 1 N–H and O–H groups in total. The molecule has 1 aromatic heterocycles. The summed E-state index contributed by atoms with van der Waals surface area (Å²) in [6.07, 6.45) is 0. The highest BCUT2D eigenvalue weighted by molar-refractivity contribution is 7.99. The number of anilines is 1. The minimum atomic E-state index is -0.353. The molecule has 0 aliphatic rings. The van der Waals surface area contributed by atoms with Crippen LogP contribution in [0, 0.1) is 5.82 Å². The van der Waals surface area contributed by atoms with Gasteiger partial charge in [-0.15, -0.1) is 10.2 Å². The lowest BCUT2D eigenvalue weighted by Gasteiger charge is -2.03. The lowest BCUT2D eigenvalue weighted by molar-refractivity contribution is -0.113. The Morgan fingerprint density at radius 3 is 2.63 bits per heavy atom. The van der Waals surface area contributed by atoms with E-state index in [0.717, 1.165) is 28.1 Å². The molecule has 134 valence electrons. The van der Waals surface area contributed by atoms with Gasteiger partial charge in [0.1, 0.15) is 5.82 Å². The van der Waals surface area contributed by atoms with Crippen LogP contribution < -0.4 is 5.32 Å². The van der Waals surface area contributed by atoms with Crippen molar-refractivity contribution in [1.82, 2.24) is 10.2 Å². The van der Waals surface area contributed by atoms with Crippen LogP contribution in [0.5, 0.6) is 0 Å². The number of hydrogen-bond donors (Lipinski definition) is 1. The Labute approximate surface area is 158 Å². The molecular weight excluding hydrogens is 365 g/mol. The minimum absolute atomic E-state index is 0.106. The Bertz CT molecular complexity index is 1090. The average Bonchev–Trinajstić information content (AvgIpc) is 3.17. The van der Waals surface area contributed by atoms with Gasteiger partial charge in [-0.25, -0.2) is 4.39 Å². The zero-order chi connectivity index (χ0) is 18.6. The zero-order valence-corrected chi connectivity index (χ0v) is 14.9. The average molecular weight is 379 g/mol. The first-order valence-corrected chi connectivity index (χ1v) is 9.17. The molecule has 27 heavy (non-hydrogen) atoms. The summed E-state index contributed by atoms with van der Waals surface area (Å²) in [6.45, 7) is 0. The molecule has 4 rings (SSSR count). The summed E-state index contributed by atoms with van der Waals surface area (Å²) in [5, 5.41) is 13.2. The lowest BCUT2D eigenvalue weighted by atomic mass is 10.0. The SMILES string of the molecule is O=C(CSc1nnc(-c2cccc3ccccc23)o1)Nc1ccc(F)cc1. The minimum Gasteiger partial charge on any atom is -0.411 e. The molecule has 1 heterocycles. The molecule has 0 atom stereocenters. The fraction of sp³-hybridized carbons (Fsp3) is 0.0500. The smallest absolute Gasteiger partial charge is 0.277 e. The molecule has 0 unspecified atom stereocenters. The monoisotopic (exact) mass is 379 g/mol. The van der Waals surface area contributed by atoms with Crippen LogP contribution in [0.25, 0.3) is 22.2 Å². The molecule has 0 aliphatic carbocycles. The molecule has 0 spiro atoms. The van der Waals surface area contributed by atoms with Crippen molar-refractivity contribution < 1.29 is 13.6 Å². The summed E-state index contributed by atoms with van der Waals surface area (Å²) in [5.74, 6) is -0.0758. The van der Waals surface area contributed by atoms with Crippen molar-refractivity contribution in [2.45, 2.75) is 5.22 Å². The molecule has 0 radical (unpaired) electrons. The molecule has 0 bridgehead atoms. The number of halogens is 1. The molecule has 0 aliphatic heterocycles. The summed E-state index contributed by atoms with van der Waals surface area (Å²) in [5.41, 5.74) is 1.38. The van der Waals surface area contributed by atoms with E-state index in [4.69, 9.17) is 4.42 Å². The number of nitrogens with one attached hydrogen (secondary N) is 1. The maximum Gasteiger partial charge on any atom is 0.277 e. The lowest BCUT2D eigenvalue weighted by Crippen LogP contribution is -2.13. The normalized spacial score (nSPS) is 10.9. The van der Waals surface area contributed by atoms with Crippen molar-refractivity contribution in [3.63, 3.8) is 0 Å². The highest BCUT2D eigenvalue weighted by Gasteiger charge is 2.13. The van der Waals surface area contributed by atoms with Crippen molar-refractivity contribution in [3.8, 4) is 11.5 Å². The Morgan fingerprint density at radius 1 is 1.00 bits per heavy atom. The number of aromatic nitrogens is 2. The first kappa shape index (κ1) is 17.2. The Balaban J connectivity index is 1.43. The summed E-state index contributed by atoms with van der Waals surface area (Å²) < 4.78 is 18.6. The van der Waals surface area contributed by atoms with Gasteiger partial charge in [-0.05, 0) is 41.1 Å². The third kappa shape index (κ3) is 3.98. The third-order valence-corrected chi connectivity index (χ3v) is 4.70. The number of carbonyl (C=O) groups excluding carboxylic acids is 1. The van der Waals surface area contributed by atoms with Crippen LogP contribution in [0.1, 0.15) is 0 Å². The Hall–Kier alpha value is -3.19. The highest BCUT2D eigenvalue weighted by Crippen LogP contribution is 2.29. The topological polar surface area (TPSA) is 68.0 Å². The van der Waals surface area contributed by atoms with Crippen LogP contribution >= 0.6 is 11.8 Å². The summed E-state index contributed by atoms with van der Waals surface area (Å²) >= 11 is 1.15. The molecule has 3 aromatic carbocycles. The van der Waals surface area contributed by atoms with Crippen LogP contribution in [0.3, 0.4) is 0 Å².